The van der Waals surface area contributed by atoms with Gasteiger partial charge in [-0.05, 0) is 38.5 Å². The average molecular weight is 404 g/mol. The predicted octanol–water partition coefficient (Wildman–Crippen LogP) is 3.09. The van der Waals surface area contributed by atoms with Gasteiger partial charge in [0.15, 0.2) is 20.8 Å². The van der Waals surface area contributed by atoms with Gasteiger partial charge in [0.05, 0.1) is 29.0 Å². The van der Waals surface area contributed by atoms with E-state index in [1.807, 2.05) is 53.3 Å². The van der Waals surface area contributed by atoms with Crippen molar-refractivity contribution >= 4 is 32.9 Å². The molecule has 0 radical (unpaired) electrons. The number of carbonyl (C=O) groups excluding carboxylic acids is 1. The first-order valence-corrected chi connectivity index (χ1v) is 11.6. The Kier molecular flexibility index (Phi) is 4.63. The molecule has 4 rings (SSSR count). The van der Waals surface area contributed by atoms with Crippen LogP contribution in [0.3, 0.4) is 0 Å². The Morgan fingerprint density at radius 1 is 1.33 bits per heavy atom. The lowest BCUT2D eigenvalue weighted by atomic mass is 10.2. The lowest BCUT2D eigenvalue weighted by Gasteiger charge is -2.16. The van der Waals surface area contributed by atoms with E-state index in [9.17, 15) is 13.2 Å². The number of carbonyl (C=O) groups is 1. The molecular weight excluding hydrogens is 382 g/mol. The molecule has 1 aliphatic rings. The molecule has 4 heterocycles. The third kappa shape index (κ3) is 3.43. The first kappa shape index (κ1) is 18.3. The Balaban J connectivity index is 1.53. The largest absolute Gasteiger partial charge is 0.344 e. The van der Waals surface area contributed by atoms with E-state index in [1.54, 1.807) is 6.20 Å². The molecule has 0 saturated carbocycles. The summed E-state index contributed by atoms with van der Waals surface area (Å²) >= 11 is 1.41. The zero-order valence-corrected chi connectivity index (χ0v) is 16.9. The Hall–Kier alpha value is -2.06. The summed E-state index contributed by atoms with van der Waals surface area (Å²) in [6.45, 7) is 3.84. The van der Waals surface area contributed by atoms with Gasteiger partial charge in [-0.2, -0.15) is 0 Å². The van der Waals surface area contributed by atoms with Crippen molar-refractivity contribution in [2.75, 3.05) is 17.3 Å². The molecule has 1 unspecified atom stereocenters. The van der Waals surface area contributed by atoms with Gasteiger partial charge >= 0.3 is 0 Å². The van der Waals surface area contributed by atoms with Gasteiger partial charge < -0.3 is 4.57 Å². The molecule has 3 aromatic heterocycles. The highest BCUT2D eigenvalue weighted by molar-refractivity contribution is 7.99. The summed E-state index contributed by atoms with van der Waals surface area (Å²) in [5.74, 6) is 0.710. The summed E-state index contributed by atoms with van der Waals surface area (Å²) in [7, 11) is -2.97. The highest BCUT2D eigenvalue weighted by atomic mass is 32.2. The monoisotopic (exact) mass is 403 g/mol. The van der Waals surface area contributed by atoms with E-state index in [-0.39, 0.29) is 23.3 Å². The fraction of sp³-hybridized carbons (Fsp3) is 0.368. The van der Waals surface area contributed by atoms with Crippen LogP contribution in [0, 0.1) is 13.8 Å². The molecule has 0 amide bonds. The highest BCUT2D eigenvalue weighted by Gasteiger charge is 2.31. The number of pyridine rings is 1. The topological polar surface area (TPSA) is 73.4 Å². The number of rotatable bonds is 5. The minimum absolute atomic E-state index is 0.0351. The van der Waals surface area contributed by atoms with Gasteiger partial charge in [-0.15, -0.1) is 0 Å². The van der Waals surface area contributed by atoms with Crippen LogP contribution in [0.15, 0.2) is 41.8 Å². The number of aromatic nitrogens is 3. The van der Waals surface area contributed by atoms with Crippen molar-refractivity contribution in [2.45, 2.75) is 31.5 Å². The molecule has 8 heteroatoms. The number of ketones is 1. The van der Waals surface area contributed by atoms with Crippen molar-refractivity contribution in [3.05, 3.63) is 53.6 Å². The van der Waals surface area contributed by atoms with Crippen LogP contribution in [0.4, 0.5) is 0 Å². The van der Waals surface area contributed by atoms with Gasteiger partial charge in [-0.3, -0.25) is 9.20 Å². The summed E-state index contributed by atoms with van der Waals surface area (Å²) < 4.78 is 27.6. The van der Waals surface area contributed by atoms with E-state index >= 15 is 0 Å². The Morgan fingerprint density at radius 3 is 2.89 bits per heavy atom. The molecule has 3 aromatic rings. The minimum atomic E-state index is -2.97. The second kappa shape index (κ2) is 6.83. The molecule has 0 aliphatic carbocycles. The first-order chi connectivity index (χ1) is 12.9. The number of Topliss-reactive ketones (excluding diaryl/α,β-unsaturated/α-hetero) is 1. The lowest BCUT2D eigenvalue weighted by molar-refractivity contribution is 0.102. The molecule has 0 spiro atoms. The maximum absolute atomic E-state index is 12.8. The quantitative estimate of drug-likeness (QED) is 0.483. The van der Waals surface area contributed by atoms with Crippen molar-refractivity contribution in [1.82, 2.24) is 14.0 Å². The van der Waals surface area contributed by atoms with E-state index in [2.05, 4.69) is 4.98 Å². The summed E-state index contributed by atoms with van der Waals surface area (Å²) in [5.41, 5.74) is 3.46. The van der Waals surface area contributed by atoms with Crippen LogP contribution in [0.5, 0.6) is 0 Å². The smallest absolute Gasteiger partial charge is 0.175 e. The van der Waals surface area contributed by atoms with Crippen molar-refractivity contribution < 1.29 is 13.2 Å². The highest BCUT2D eigenvalue weighted by Crippen LogP contribution is 2.30. The molecular formula is C19H21N3O3S2. The molecule has 6 nitrogen and oxygen atoms in total. The molecule has 27 heavy (non-hydrogen) atoms. The van der Waals surface area contributed by atoms with Gasteiger partial charge in [-0.1, -0.05) is 17.8 Å². The molecule has 142 valence electrons. The number of hydrogen-bond acceptors (Lipinski definition) is 5. The molecule has 0 aromatic carbocycles. The zero-order chi connectivity index (χ0) is 19.2. The number of fused-ring (bicyclic) bond motifs is 1. The fourth-order valence-corrected chi connectivity index (χ4v) is 6.38. The SMILES string of the molecule is Cc1cc(C(=O)CSc2ncc3ccccn23)c(C)n1C1CCS(=O)(=O)C1. The molecule has 1 fully saturated rings. The third-order valence-corrected chi connectivity index (χ3v) is 7.81. The van der Waals surface area contributed by atoms with Gasteiger partial charge in [0.1, 0.15) is 0 Å². The van der Waals surface area contributed by atoms with Gasteiger partial charge in [0.25, 0.3) is 0 Å². The van der Waals surface area contributed by atoms with Gasteiger partial charge in [0, 0.05) is 29.2 Å². The maximum atomic E-state index is 12.8. The van der Waals surface area contributed by atoms with Crippen LogP contribution in [-0.4, -0.2) is 45.4 Å². The zero-order valence-electron chi connectivity index (χ0n) is 15.3. The van der Waals surface area contributed by atoms with E-state index < -0.39 is 9.84 Å². The molecule has 1 aliphatic heterocycles. The molecule has 0 N–H and O–H groups in total. The van der Waals surface area contributed by atoms with Crippen LogP contribution >= 0.6 is 11.8 Å². The first-order valence-electron chi connectivity index (χ1n) is 8.82. The van der Waals surface area contributed by atoms with E-state index in [4.69, 9.17) is 0 Å². The van der Waals surface area contributed by atoms with E-state index in [0.29, 0.717) is 17.7 Å². The van der Waals surface area contributed by atoms with Crippen molar-refractivity contribution in [3.8, 4) is 0 Å². The number of aryl methyl sites for hydroxylation is 1. The average Bonchev–Trinajstić information content (AvgIpc) is 3.28. The lowest BCUT2D eigenvalue weighted by Crippen LogP contribution is -2.14. The Bertz CT molecular complexity index is 1130. The van der Waals surface area contributed by atoms with Crippen LogP contribution in [-0.2, 0) is 9.84 Å². The standard InChI is InChI=1S/C19H21N3O3S2/c1-13-9-17(14(2)22(13)16-6-8-27(24,25)12-16)18(23)11-26-19-20-10-15-5-3-4-7-21(15)19/h3-5,7,9-10,16H,6,8,11-12H2,1-2H3. The second-order valence-electron chi connectivity index (χ2n) is 6.96. The normalized spacial score (nSPS) is 19.0. The van der Waals surface area contributed by atoms with Crippen molar-refractivity contribution in [2.24, 2.45) is 0 Å². The summed E-state index contributed by atoms with van der Waals surface area (Å²) in [5, 5.41) is 0.787. The fourth-order valence-electron chi connectivity index (χ4n) is 3.83. The summed E-state index contributed by atoms with van der Waals surface area (Å²) in [4.78, 5) is 17.2. The predicted molar refractivity (Wildman–Crippen MR) is 106 cm³/mol. The van der Waals surface area contributed by atoms with Crippen LogP contribution in [0.2, 0.25) is 0 Å². The molecule has 0 bridgehead atoms. The van der Waals surface area contributed by atoms with Crippen LogP contribution in [0.1, 0.15) is 34.2 Å². The Labute approximate surface area is 162 Å². The maximum Gasteiger partial charge on any atom is 0.175 e. The molecule has 1 atom stereocenters. The summed E-state index contributed by atoms with van der Waals surface area (Å²) in [6.07, 6.45) is 4.34. The Morgan fingerprint density at radius 2 is 2.15 bits per heavy atom. The number of nitrogens with zero attached hydrogens (tertiary/aromatic N) is 3. The summed E-state index contributed by atoms with van der Waals surface area (Å²) in [6, 6.07) is 7.67. The van der Waals surface area contributed by atoms with Gasteiger partial charge in [0.2, 0.25) is 0 Å². The number of hydrogen-bond donors (Lipinski definition) is 0. The number of thioether (sulfide) groups is 1. The number of sulfone groups is 1. The molecule has 1 saturated heterocycles. The second-order valence-corrected chi connectivity index (χ2v) is 10.1. The van der Waals surface area contributed by atoms with E-state index in [0.717, 1.165) is 22.1 Å². The van der Waals surface area contributed by atoms with Crippen molar-refractivity contribution in [1.29, 1.82) is 0 Å². The van der Waals surface area contributed by atoms with Gasteiger partial charge in [-0.25, -0.2) is 13.4 Å². The van der Waals surface area contributed by atoms with Crippen molar-refractivity contribution in [3.63, 3.8) is 0 Å². The third-order valence-electron chi connectivity index (χ3n) is 5.10. The number of imidazole rings is 1. The minimum Gasteiger partial charge on any atom is -0.344 e. The van der Waals surface area contributed by atoms with Crippen LogP contribution < -0.4 is 0 Å². The van der Waals surface area contributed by atoms with Crippen LogP contribution in [0.25, 0.3) is 5.52 Å². The van der Waals surface area contributed by atoms with E-state index in [1.165, 1.54) is 11.8 Å².